The highest BCUT2D eigenvalue weighted by Crippen LogP contribution is 2.21. The molecule has 0 aliphatic heterocycles. The molecule has 7 nitrogen and oxygen atoms in total. The van der Waals surface area contributed by atoms with Gasteiger partial charge < -0.3 is 19.4 Å². The predicted molar refractivity (Wildman–Crippen MR) is 85.4 cm³/mol. The van der Waals surface area contributed by atoms with Crippen molar-refractivity contribution in [2.75, 3.05) is 17.9 Å². The third-order valence-electron chi connectivity index (χ3n) is 2.91. The van der Waals surface area contributed by atoms with E-state index in [9.17, 15) is 18.3 Å². The molecule has 0 atom stereocenters. The van der Waals surface area contributed by atoms with Crippen LogP contribution in [0.1, 0.15) is 6.92 Å². The van der Waals surface area contributed by atoms with Gasteiger partial charge in [-0.3, -0.25) is 4.72 Å². The normalized spacial score (nSPS) is 10.9. The van der Waals surface area contributed by atoms with E-state index in [-0.39, 0.29) is 4.90 Å². The van der Waals surface area contributed by atoms with Crippen molar-refractivity contribution in [2.24, 2.45) is 0 Å². The maximum atomic E-state index is 12.3. The van der Waals surface area contributed by atoms with Crippen molar-refractivity contribution < 1.29 is 27.8 Å². The van der Waals surface area contributed by atoms with E-state index in [0.29, 0.717) is 23.8 Å². The van der Waals surface area contributed by atoms with Gasteiger partial charge in [0, 0.05) is 5.69 Å². The molecule has 2 rings (SSSR count). The zero-order valence-electron chi connectivity index (χ0n) is 12.9. The summed E-state index contributed by atoms with van der Waals surface area (Å²) in [4.78, 5) is 10.4. The number of nitrogens with one attached hydrogen (secondary N) is 1. The summed E-state index contributed by atoms with van der Waals surface area (Å²) in [6.45, 7) is 1.76. The Bertz CT molecular complexity index is 784. The van der Waals surface area contributed by atoms with Crippen LogP contribution in [0.15, 0.2) is 53.4 Å². The smallest absolute Gasteiger partial charge is 0.261 e. The fourth-order valence-corrected chi connectivity index (χ4v) is 2.92. The highest BCUT2D eigenvalue weighted by Gasteiger charge is 2.14. The third kappa shape index (κ3) is 4.88. The molecule has 0 saturated carbocycles. The van der Waals surface area contributed by atoms with Crippen LogP contribution in [0.25, 0.3) is 0 Å². The molecule has 0 fully saturated rings. The van der Waals surface area contributed by atoms with Gasteiger partial charge in [0.15, 0.2) is 0 Å². The summed E-state index contributed by atoms with van der Waals surface area (Å²) in [5.41, 5.74) is 0.324. The first-order valence-electron chi connectivity index (χ1n) is 7.09. The average Bonchev–Trinajstić information content (AvgIpc) is 2.55. The molecule has 1 N–H and O–H groups in total. The molecular weight excluding hydrogens is 334 g/mol. The van der Waals surface area contributed by atoms with E-state index in [1.807, 2.05) is 6.92 Å². The molecule has 0 heterocycles. The molecule has 0 bridgehead atoms. The zero-order valence-corrected chi connectivity index (χ0v) is 13.7. The van der Waals surface area contributed by atoms with Gasteiger partial charge >= 0.3 is 0 Å². The summed E-state index contributed by atoms with van der Waals surface area (Å²) in [5.74, 6) is -0.454. The highest BCUT2D eigenvalue weighted by molar-refractivity contribution is 7.92. The monoisotopic (exact) mass is 350 g/mol. The van der Waals surface area contributed by atoms with Gasteiger partial charge in [0.25, 0.3) is 10.0 Å². The van der Waals surface area contributed by atoms with Crippen LogP contribution in [0.5, 0.6) is 11.5 Å². The van der Waals surface area contributed by atoms with Crippen molar-refractivity contribution in [1.29, 1.82) is 0 Å². The van der Waals surface area contributed by atoms with Gasteiger partial charge in [0.2, 0.25) is 0 Å². The highest BCUT2D eigenvalue weighted by atomic mass is 32.2. The van der Waals surface area contributed by atoms with Crippen molar-refractivity contribution in [3.8, 4) is 11.5 Å². The molecule has 128 valence electrons. The van der Waals surface area contributed by atoms with Crippen LogP contribution in [-0.4, -0.2) is 27.6 Å². The van der Waals surface area contributed by atoms with Crippen molar-refractivity contribution in [3.05, 3.63) is 48.5 Å². The number of carbonyl (C=O) groups excluding carboxylic acids is 1. The lowest BCUT2D eigenvalue weighted by Crippen LogP contribution is -2.28. The summed E-state index contributed by atoms with van der Waals surface area (Å²) in [7, 11) is -3.73. The van der Waals surface area contributed by atoms with Gasteiger partial charge in [0.05, 0.1) is 17.5 Å². The number of rotatable bonds is 8. The molecule has 0 aromatic heterocycles. The Balaban J connectivity index is 2.06. The van der Waals surface area contributed by atoms with Crippen LogP contribution in [-0.2, 0) is 14.8 Å². The maximum Gasteiger partial charge on any atom is 0.261 e. The summed E-state index contributed by atoms with van der Waals surface area (Å²) >= 11 is 0. The molecule has 0 saturated heterocycles. The second-order valence-electron chi connectivity index (χ2n) is 4.69. The Labute approximate surface area is 139 Å². The Hall–Kier alpha value is -2.74. The van der Waals surface area contributed by atoms with E-state index < -0.39 is 22.6 Å². The quantitative estimate of drug-likeness (QED) is 0.762. The molecule has 2 aromatic carbocycles. The number of aliphatic carboxylic acids is 1. The maximum absolute atomic E-state index is 12.3. The Morgan fingerprint density at radius 2 is 1.54 bits per heavy atom. The molecule has 0 amide bonds. The van der Waals surface area contributed by atoms with Gasteiger partial charge in [-0.2, -0.15) is 0 Å². The topological polar surface area (TPSA) is 105 Å². The number of carbonyl (C=O) groups is 1. The summed E-state index contributed by atoms with van der Waals surface area (Å²) in [6, 6.07) is 11.9. The van der Waals surface area contributed by atoms with Crippen LogP contribution in [0, 0.1) is 0 Å². The van der Waals surface area contributed by atoms with Gasteiger partial charge in [-0.25, -0.2) is 8.42 Å². The van der Waals surface area contributed by atoms with Crippen LogP contribution in [0.2, 0.25) is 0 Å². The number of hydrogen-bond donors (Lipinski definition) is 1. The minimum absolute atomic E-state index is 0.100. The van der Waals surface area contributed by atoms with Crippen molar-refractivity contribution in [3.63, 3.8) is 0 Å². The summed E-state index contributed by atoms with van der Waals surface area (Å²) in [6.07, 6.45) is 0. The summed E-state index contributed by atoms with van der Waals surface area (Å²) in [5, 5.41) is 10.3. The van der Waals surface area contributed by atoms with E-state index in [1.54, 1.807) is 12.1 Å². The number of carboxylic acid groups (broad SMARTS) is 1. The molecule has 2 aromatic rings. The molecule has 24 heavy (non-hydrogen) atoms. The van der Waals surface area contributed by atoms with E-state index >= 15 is 0 Å². The van der Waals surface area contributed by atoms with Crippen LogP contribution in [0.3, 0.4) is 0 Å². The lowest BCUT2D eigenvalue weighted by molar-refractivity contribution is -0.307. The van der Waals surface area contributed by atoms with Crippen LogP contribution >= 0.6 is 0 Å². The Morgan fingerprint density at radius 3 is 2.08 bits per heavy atom. The average molecular weight is 350 g/mol. The number of carboxylic acids is 1. The van der Waals surface area contributed by atoms with Gasteiger partial charge in [-0.1, -0.05) is 0 Å². The van der Waals surface area contributed by atoms with Crippen LogP contribution in [0.4, 0.5) is 5.69 Å². The lowest BCUT2D eigenvalue weighted by Gasteiger charge is -2.10. The summed E-state index contributed by atoms with van der Waals surface area (Å²) < 4.78 is 37.2. The van der Waals surface area contributed by atoms with Crippen LogP contribution < -0.4 is 19.3 Å². The second-order valence-corrected chi connectivity index (χ2v) is 6.38. The van der Waals surface area contributed by atoms with Gasteiger partial charge in [-0.05, 0) is 55.5 Å². The zero-order chi connectivity index (χ0) is 17.6. The number of sulfonamides is 1. The fourth-order valence-electron chi connectivity index (χ4n) is 1.86. The van der Waals surface area contributed by atoms with Crippen molar-refractivity contribution in [1.82, 2.24) is 0 Å². The minimum Gasteiger partial charge on any atom is -0.546 e. The number of benzene rings is 2. The standard InChI is InChI=1S/C16H17NO6S/c1-2-22-13-7-9-15(10-8-13)24(20,21)17-12-3-5-14(6-4-12)23-11-16(18)19/h3-10,17H,2,11H2,1H3,(H,18,19)/p-1. The van der Waals surface area contributed by atoms with E-state index in [1.165, 1.54) is 36.4 Å². The largest absolute Gasteiger partial charge is 0.546 e. The fraction of sp³-hybridized carbons (Fsp3) is 0.188. The molecule has 0 unspecified atom stereocenters. The third-order valence-corrected chi connectivity index (χ3v) is 4.31. The lowest BCUT2D eigenvalue weighted by atomic mass is 10.3. The molecule has 0 aliphatic rings. The van der Waals surface area contributed by atoms with Crippen molar-refractivity contribution in [2.45, 2.75) is 11.8 Å². The minimum atomic E-state index is -3.73. The van der Waals surface area contributed by atoms with E-state index in [2.05, 4.69) is 4.72 Å². The Morgan fingerprint density at radius 1 is 1.00 bits per heavy atom. The molecule has 0 radical (unpaired) electrons. The Kier molecular flexibility index (Phi) is 5.64. The van der Waals surface area contributed by atoms with E-state index in [0.717, 1.165) is 0 Å². The van der Waals surface area contributed by atoms with Gasteiger partial charge in [0.1, 0.15) is 18.1 Å². The predicted octanol–water partition coefficient (Wildman–Crippen LogP) is 1.01. The first kappa shape index (κ1) is 17.6. The van der Waals surface area contributed by atoms with E-state index in [4.69, 9.17) is 9.47 Å². The molecule has 0 spiro atoms. The van der Waals surface area contributed by atoms with Crippen molar-refractivity contribution >= 4 is 21.7 Å². The SMILES string of the molecule is CCOc1ccc(S(=O)(=O)Nc2ccc(OCC(=O)[O-])cc2)cc1. The molecule has 0 aliphatic carbocycles. The number of anilines is 1. The second kappa shape index (κ2) is 7.69. The first-order chi connectivity index (χ1) is 11.4. The van der Waals surface area contributed by atoms with Gasteiger partial charge in [-0.15, -0.1) is 0 Å². The molecule has 8 heteroatoms. The number of hydrogen-bond acceptors (Lipinski definition) is 6. The molecular formula is C16H16NO6S-. The number of ether oxygens (including phenoxy) is 2. The first-order valence-corrected chi connectivity index (χ1v) is 8.57.